The average molecular weight is 246 g/mol. The maximum atomic E-state index is 10.7. The molecule has 100 valence electrons. The standard InChI is InChI=1S/C17H26O/c1-16(2)10-6-11-17(18,14-13-16)12-9-15-7-4-3-5-8-15/h3-5,7-8,18H,6,9-14H2,1-2H3. The molecular weight excluding hydrogens is 220 g/mol. The van der Waals surface area contributed by atoms with Crippen LogP contribution in [0.5, 0.6) is 0 Å². The van der Waals surface area contributed by atoms with E-state index in [0.29, 0.717) is 5.41 Å². The Morgan fingerprint density at radius 2 is 1.72 bits per heavy atom. The van der Waals surface area contributed by atoms with Gasteiger partial charge < -0.3 is 5.11 Å². The Bertz CT molecular complexity index is 368. The summed E-state index contributed by atoms with van der Waals surface area (Å²) in [5.74, 6) is 0. The van der Waals surface area contributed by atoms with Crippen molar-refractivity contribution in [3.05, 3.63) is 35.9 Å². The average Bonchev–Trinajstić information content (AvgIpc) is 2.48. The molecule has 1 aliphatic rings. The molecular formula is C17H26O. The van der Waals surface area contributed by atoms with Crippen molar-refractivity contribution in [3.63, 3.8) is 0 Å². The summed E-state index contributed by atoms with van der Waals surface area (Å²) in [4.78, 5) is 0. The molecule has 1 saturated carbocycles. The third-order valence-electron chi connectivity index (χ3n) is 4.48. The number of rotatable bonds is 3. The molecule has 0 aromatic heterocycles. The second-order valence-corrected chi connectivity index (χ2v) is 6.73. The highest BCUT2D eigenvalue weighted by molar-refractivity contribution is 5.15. The van der Waals surface area contributed by atoms with Gasteiger partial charge in [0.15, 0.2) is 0 Å². The summed E-state index contributed by atoms with van der Waals surface area (Å²) in [6.07, 6.45) is 7.41. The fraction of sp³-hybridized carbons (Fsp3) is 0.647. The Hall–Kier alpha value is -0.820. The number of aliphatic hydroxyl groups is 1. The lowest BCUT2D eigenvalue weighted by molar-refractivity contribution is 0.0142. The molecule has 0 amide bonds. The van der Waals surface area contributed by atoms with E-state index in [4.69, 9.17) is 0 Å². The van der Waals surface area contributed by atoms with Crippen molar-refractivity contribution in [3.8, 4) is 0 Å². The lowest BCUT2D eigenvalue weighted by Crippen LogP contribution is -2.28. The van der Waals surface area contributed by atoms with E-state index < -0.39 is 5.60 Å². The first-order chi connectivity index (χ1) is 8.49. The van der Waals surface area contributed by atoms with Gasteiger partial charge in [0, 0.05) is 0 Å². The summed E-state index contributed by atoms with van der Waals surface area (Å²) in [5.41, 5.74) is 1.33. The third-order valence-corrected chi connectivity index (χ3v) is 4.48. The second kappa shape index (κ2) is 5.44. The van der Waals surface area contributed by atoms with Crippen LogP contribution in [0.2, 0.25) is 0 Å². The zero-order chi connectivity index (χ0) is 13.1. The van der Waals surface area contributed by atoms with Gasteiger partial charge in [-0.15, -0.1) is 0 Å². The fourth-order valence-corrected chi connectivity index (χ4v) is 2.99. The number of benzene rings is 1. The van der Waals surface area contributed by atoms with Crippen LogP contribution < -0.4 is 0 Å². The highest BCUT2D eigenvalue weighted by atomic mass is 16.3. The highest BCUT2D eigenvalue weighted by Gasteiger charge is 2.33. The molecule has 0 aliphatic heterocycles. The van der Waals surface area contributed by atoms with Gasteiger partial charge in [-0.1, -0.05) is 50.6 Å². The lowest BCUT2D eigenvalue weighted by Gasteiger charge is -2.28. The minimum absolute atomic E-state index is 0.414. The monoisotopic (exact) mass is 246 g/mol. The minimum atomic E-state index is -0.427. The van der Waals surface area contributed by atoms with Gasteiger partial charge in [0.25, 0.3) is 0 Å². The Balaban J connectivity index is 1.91. The predicted molar refractivity (Wildman–Crippen MR) is 76.6 cm³/mol. The summed E-state index contributed by atoms with van der Waals surface area (Å²) < 4.78 is 0. The molecule has 0 heterocycles. The quantitative estimate of drug-likeness (QED) is 0.787. The van der Waals surface area contributed by atoms with Gasteiger partial charge in [-0.25, -0.2) is 0 Å². The van der Waals surface area contributed by atoms with Gasteiger partial charge in [0.1, 0.15) is 0 Å². The summed E-state index contributed by atoms with van der Waals surface area (Å²) in [5, 5.41) is 10.7. The Morgan fingerprint density at radius 3 is 2.44 bits per heavy atom. The van der Waals surface area contributed by atoms with Crippen LogP contribution in [0.15, 0.2) is 30.3 Å². The molecule has 1 heteroatoms. The van der Waals surface area contributed by atoms with E-state index in [1.807, 2.05) is 6.07 Å². The first-order valence-electron chi connectivity index (χ1n) is 7.26. The van der Waals surface area contributed by atoms with E-state index >= 15 is 0 Å². The van der Waals surface area contributed by atoms with Crippen molar-refractivity contribution in [1.29, 1.82) is 0 Å². The van der Waals surface area contributed by atoms with Crippen molar-refractivity contribution < 1.29 is 5.11 Å². The number of hydrogen-bond acceptors (Lipinski definition) is 1. The summed E-state index contributed by atoms with van der Waals surface area (Å²) in [6.45, 7) is 4.66. The van der Waals surface area contributed by atoms with E-state index in [9.17, 15) is 5.11 Å². The third kappa shape index (κ3) is 3.84. The molecule has 1 atom stereocenters. The van der Waals surface area contributed by atoms with Gasteiger partial charge >= 0.3 is 0 Å². The molecule has 1 N–H and O–H groups in total. The van der Waals surface area contributed by atoms with Crippen molar-refractivity contribution in [2.45, 2.75) is 64.4 Å². The van der Waals surface area contributed by atoms with Gasteiger partial charge in [0.2, 0.25) is 0 Å². The Labute approximate surface area is 111 Å². The van der Waals surface area contributed by atoms with Gasteiger partial charge in [-0.2, -0.15) is 0 Å². The molecule has 2 rings (SSSR count). The van der Waals surface area contributed by atoms with E-state index in [0.717, 1.165) is 38.5 Å². The Morgan fingerprint density at radius 1 is 1.00 bits per heavy atom. The van der Waals surface area contributed by atoms with Gasteiger partial charge in [-0.05, 0) is 49.5 Å². The van der Waals surface area contributed by atoms with Crippen LogP contribution in [0.3, 0.4) is 0 Å². The topological polar surface area (TPSA) is 20.2 Å². The van der Waals surface area contributed by atoms with E-state index in [1.54, 1.807) is 0 Å². The van der Waals surface area contributed by atoms with Crippen LogP contribution in [-0.2, 0) is 6.42 Å². The van der Waals surface area contributed by atoms with Gasteiger partial charge in [-0.3, -0.25) is 0 Å². The molecule has 18 heavy (non-hydrogen) atoms. The summed E-state index contributed by atoms with van der Waals surface area (Å²) in [6, 6.07) is 10.5. The molecule has 1 nitrogen and oxygen atoms in total. The smallest absolute Gasteiger partial charge is 0.0651 e. The van der Waals surface area contributed by atoms with Crippen LogP contribution in [-0.4, -0.2) is 10.7 Å². The minimum Gasteiger partial charge on any atom is -0.390 e. The van der Waals surface area contributed by atoms with E-state index in [1.165, 1.54) is 12.0 Å². The molecule has 0 saturated heterocycles. The largest absolute Gasteiger partial charge is 0.390 e. The number of hydrogen-bond donors (Lipinski definition) is 1. The molecule has 1 aromatic carbocycles. The fourth-order valence-electron chi connectivity index (χ4n) is 2.99. The normalized spacial score (nSPS) is 27.7. The van der Waals surface area contributed by atoms with Crippen LogP contribution >= 0.6 is 0 Å². The Kier molecular flexibility index (Phi) is 4.11. The molecule has 1 aromatic rings. The first kappa shape index (κ1) is 13.6. The predicted octanol–water partition coefficient (Wildman–Crippen LogP) is 4.34. The molecule has 1 unspecified atom stereocenters. The molecule has 0 radical (unpaired) electrons. The SMILES string of the molecule is CC1(C)CCCC(O)(CCc2ccccc2)CC1. The first-order valence-corrected chi connectivity index (χ1v) is 7.26. The highest BCUT2D eigenvalue weighted by Crippen LogP contribution is 2.39. The maximum Gasteiger partial charge on any atom is 0.0651 e. The van der Waals surface area contributed by atoms with E-state index in [-0.39, 0.29) is 0 Å². The van der Waals surface area contributed by atoms with Crippen LogP contribution in [0.25, 0.3) is 0 Å². The second-order valence-electron chi connectivity index (χ2n) is 6.73. The van der Waals surface area contributed by atoms with Crippen molar-refractivity contribution in [2.24, 2.45) is 5.41 Å². The van der Waals surface area contributed by atoms with E-state index in [2.05, 4.69) is 38.1 Å². The summed E-state index contributed by atoms with van der Waals surface area (Å²) >= 11 is 0. The zero-order valence-corrected chi connectivity index (χ0v) is 11.8. The lowest BCUT2D eigenvalue weighted by atomic mass is 9.83. The molecule has 1 aliphatic carbocycles. The molecule has 1 fully saturated rings. The van der Waals surface area contributed by atoms with Crippen molar-refractivity contribution in [1.82, 2.24) is 0 Å². The van der Waals surface area contributed by atoms with Crippen molar-refractivity contribution in [2.75, 3.05) is 0 Å². The number of aryl methyl sites for hydroxylation is 1. The zero-order valence-electron chi connectivity index (χ0n) is 11.8. The molecule has 0 bridgehead atoms. The summed E-state index contributed by atoms with van der Waals surface area (Å²) in [7, 11) is 0. The van der Waals surface area contributed by atoms with Crippen LogP contribution in [0, 0.1) is 5.41 Å². The van der Waals surface area contributed by atoms with Crippen LogP contribution in [0.1, 0.15) is 57.9 Å². The van der Waals surface area contributed by atoms with Gasteiger partial charge in [0.05, 0.1) is 5.60 Å². The molecule has 0 spiro atoms. The van der Waals surface area contributed by atoms with Crippen molar-refractivity contribution >= 4 is 0 Å². The maximum absolute atomic E-state index is 10.7. The van der Waals surface area contributed by atoms with Crippen LogP contribution in [0.4, 0.5) is 0 Å².